The van der Waals surface area contributed by atoms with Crippen molar-refractivity contribution in [1.82, 2.24) is 20.2 Å². The molecule has 1 atom stereocenters. The van der Waals surface area contributed by atoms with E-state index in [1.54, 1.807) is 19.1 Å². The molecule has 2 aromatic rings. The minimum Gasteiger partial charge on any atom is -0.468 e. The van der Waals surface area contributed by atoms with Gasteiger partial charge in [0.25, 0.3) is 10.0 Å². The van der Waals surface area contributed by atoms with Gasteiger partial charge in [-0.2, -0.15) is 9.82 Å². The number of H-pyrrole nitrogens is 1. The first-order valence-corrected chi connectivity index (χ1v) is 7.81. The fraction of sp³-hybridized carbons (Fsp3) is 0.417. The lowest BCUT2D eigenvalue weighted by atomic mass is 10.3. The van der Waals surface area contributed by atoms with E-state index in [4.69, 9.17) is 4.42 Å². The molecule has 0 aliphatic rings. The van der Waals surface area contributed by atoms with Crippen molar-refractivity contribution in [1.29, 1.82) is 0 Å². The van der Waals surface area contributed by atoms with Gasteiger partial charge in [0.2, 0.25) is 0 Å². The predicted octanol–water partition coefficient (Wildman–Crippen LogP) is 1.15. The quantitative estimate of drug-likeness (QED) is 0.712. The van der Waals surface area contributed by atoms with Crippen molar-refractivity contribution < 1.29 is 12.8 Å². The number of sulfonamides is 1. The highest BCUT2D eigenvalue weighted by molar-refractivity contribution is 7.89. The van der Waals surface area contributed by atoms with Gasteiger partial charge in [0.15, 0.2) is 5.03 Å². The summed E-state index contributed by atoms with van der Waals surface area (Å²) in [5, 5.41) is 9.49. The third-order valence-corrected chi connectivity index (χ3v) is 4.37. The van der Waals surface area contributed by atoms with E-state index in [1.165, 1.54) is 12.5 Å². The van der Waals surface area contributed by atoms with Gasteiger partial charge in [-0.05, 0) is 25.6 Å². The molecule has 110 valence electrons. The van der Waals surface area contributed by atoms with Crippen LogP contribution in [0.1, 0.15) is 31.2 Å². The minimum absolute atomic E-state index is 0.0804. The van der Waals surface area contributed by atoms with E-state index < -0.39 is 16.1 Å². The lowest BCUT2D eigenvalue weighted by molar-refractivity contribution is 0.458. The summed E-state index contributed by atoms with van der Waals surface area (Å²) in [6.07, 6.45) is 3.02. The minimum atomic E-state index is -3.67. The third kappa shape index (κ3) is 3.27. The molecule has 0 radical (unpaired) electrons. The molecule has 0 fully saturated rings. The third-order valence-electron chi connectivity index (χ3n) is 2.81. The summed E-state index contributed by atoms with van der Waals surface area (Å²) in [6.45, 7) is 4.86. The molecule has 0 aliphatic carbocycles. The van der Waals surface area contributed by atoms with Crippen molar-refractivity contribution in [2.24, 2.45) is 0 Å². The molecule has 0 amide bonds. The molecule has 0 spiro atoms. The first-order chi connectivity index (χ1) is 9.54. The van der Waals surface area contributed by atoms with E-state index in [0.717, 1.165) is 6.54 Å². The second-order valence-corrected chi connectivity index (χ2v) is 6.01. The summed E-state index contributed by atoms with van der Waals surface area (Å²) < 4.78 is 32.4. The van der Waals surface area contributed by atoms with E-state index in [0.29, 0.717) is 17.9 Å². The van der Waals surface area contributed by atoms with Gasteiger partial charge < -0.3 is 9.73 Å². The average molecular weight is 298 g/mol. The zero-order chi connectivity index (χ0) is 14.6. The summed E-state index contributed by atoms with van der Waals surface area (Å²) in [7, 11) is -3.67. The molecule has 0 saturated carbocycles. The molecule has 2 rings (SSSR count). The summed E-state index contributed by atoms with van der Waals surface area (Å²) in [6, 6.07) is 2.98. The first-order valence-electron chi connectivity index (χ1n) is 6.33. The molecule has 20 heavy (non-hydrogen) atoms. The van der Waals surface area contributed by atoms with Crippen molar-refractivity contribution in [3.63, 3.8) is 0 Å². The highest BCUT2D eigenvalue weighted by Gasteiger charge is 2.24. The van der Waals surface area contributed by atoms with E-state index in [-0.39, 0.29) is 5.03 Å². The fourth-order valence-electron chi connectivity index (χ4n) is 1.80. The maximum Gasteiger partial charge on any atom is 0.258 e. The van der Waals surface area contributed by atoms with Gasteiger partial charge in [-0.25, -0.2) is 8.42 Å². The predicted molar refractivity (Wildman–Crippen MR) is 73.4 cm³/mol. The molecule has 7 nitrogen and oxygen atoms in total. The largest absolute Gasteiger partial charge is 0.468 e. The molecule has 0 bridgehead atoms. The Balaban J connectivity index is 2.16. The van der Waals surface area contributed by atoms with Crippen LogP contribution < -0.4 is 10.0 Å². The number of hydrogen-bond donors (Lipinski definition) is 3. The zero-order valence-electron chi connectivity index (χ0n) is 11.4. The molecule has 0 aromatic carbocycles. The molecule has 0 aliphatic heterocycles. The van der Waals surface area contributed by atoms with Gasteiger partial charge in [-0.1, -0.05) is 6.92 Å². The van der Waals surface area contributed by atoms with Crippen molar-refractivity contribution in [3.05, 3.63) is 35.9 Å². The second kappa shape index (κ2) is 6.21. The van der Waals surface area contributed by atoms with Crippen LogP contribution in [0, 0.1) is 0 Å². The van der Waals surface area contributed by atoms with E-state index in [2.05, 4.69) is 20.2 Å². The zero-order valence-corrected chi connectivity index (χ0v) is 12.2. The standard InChI is InChI=1S/C12H18N4O3S/c1-3-13-7-10-8-14-15-12(10)20(17,18)16-9(2)11-5-4-6-19-11/h4-6,8-9,13,16H,3,7H2,1-2H3,(H,14,15). The number of hydrogen-bond acceptors (Lipinski definition) is 5. The van der Waals surface area contributed by atoms with Crippen LogP contribution in [0.25, 0.3) is 0 Å². The number of aromatic nitrogens is 2. The molecular formula is C12H18N4O3S. The smallest absolute Gasteiger partial charge is 0.258 e. The van der Waals surface area contributed by atoms with Crippen LogP contribution in [0.15, 0.2) is 34.0 Å². The second-order valence-electron chi connectivity index (χ2n) is 4.36. The van der Waals surface area contributed by atoms with Crippen LogP contribution in [0.3, 0.4) is 0 Å². The molecule has 1 unspecified atom stereocenters. The van der Waals surface area contributed by atoms with E-state index in [1.807, 2.05) is 6.92 Å². The summed E-state index contributed by atoms with van der Waals surface area (Å²) in [5.41, 5.74) is 0.603. The Labute approximate surface area is 117 Å². The normalized spacial score (nSPS) is 13.5. The van der Waals surface area contributed by atoms with Gasteiger partial charge in [0.05, 0.1) is 18.5 Å². The fourth-order valence-corrected chi connectivity index (χ4v) is 3.15. The van der Waals surface area contributed by atoms with Crippen LogP contribution in [0.2, 0.25) is 0 Å². The first kappa shape index (κ1) is 14.8. The Morgan fingerprint density at radius 2 is 2.30 bits per heavy atom. The Kier molecular flexibility index (Phi) is 4.58. The van der Waals surface area contributed by atoms with Crippen molar-refractivity contribution >= 4 is 10.0 Å². The lowest BCUT2D eigenvalue weighted by Gasteiger charge is -2.12. The van der Waals surface area contributed by atoms with Gasteiger partial charge in [-0.3, -0.25) is 5.10 Å². The molecule has 3 N–H and O–H groups in total. The summed E-state index contributed by atoms with van der Waals surface area (Å²) in [5.74, 6) is 0.557. The van der Waals surface area contributed by atoms with E-state index >= 15 is 0 Å². The highest BCUT2D eigenvalue weighted by atomic mass is 32.2. The van der Waals surface area contributed by atoms with E-state index in [9.17, 15) is 8.42 Å². The van der Waals surface area contributed by atoms with Crippen molar-refractivity contribution in [2.75, 3.05) is 6.54 Å². The topological polar surface area (TPSA) is 100 Å². The highest BCUT2D eigenvalue weighted by Crippen LogP contribution is 2.18. The monoisotopic (exact) mass is 298 g/mol. The van der Waals surface area contributed by atoms with Crippen LogP contribution in [-0.2, 0) is 16.6 Å². The number of nitrogens with zero attached hydrogens (tertiary/aromatic N) is 1. The SMILES string of the molecule is CCNCc1cn[nH]c1S(=O)(=O)NC(C)c1ccco1. The van der Waals surface area contributed by atoms with Crippen LogP contribution >= 0.6 is 0 Å². The number of furan rings is 1. The van der Waals surface area contributed by atoms with Crippen LogP contribution in [0.4, 0.5) is 0 Å². The number of aromatic amines is 1. The van der Waals surface area contributed by atoms with Gasteiger partial charge in [0, 0.05) is 12.1 Å². The Morgan fingerprint density at radius 3 is 2.95 bits per heavy atom. The lowest BCUT2D eigenvalue weighted by Crippen LogP contribution is -2.28. The van der Waals surface area contributed by atoms with Gasteiger partial charge >= 0.3 is 0 Å². The maximum absolute atomic E-state index is 12.3. The summed E-state index contributed by atoms with van der Waals surface area (Å²) >= 11 is 0. The Morgan fingerprint density at radius 1 is 1.50 bits per heavy atom. The van der Waals surface area contributed by atoms with Crippen LogP contribution in [-0.4, -0.2) is 25.2 Å². The molecule has 0 saturated heterocycles. The number of nitrogens with one attached hydrogen (secondary N) is 3. The van der Waals surface area contributed by atoms with Crippen molar-refractivity contribution in [2.45, 2.75) is 31.5 Å². The molecule has 2 aromatic heterocycles. The molecule has 8 heteroatoms. The van der Waals surface area contributed by atoms with Gasteiger partial charge in [-0.15, -0.1) is 0 Å². The molecular weight excluding hydrogens is 280 g/mol. The molecule has 2 heterocycles. The van der Waals surface area contributed by atoms with Crippen molar-refractivity contribution in [3.8, 4) is 0 Å². The maximum atomic E-state index is 12.3. The average Bonchev–Trinajstić information content (AvgIpc) is 3.07. The van der Waals surface area contributed by atoms with Gasteiger partial charge in [0.1, 0.15) is 5.76 Å². The number of rotatable bonds is 7. The Hall–Kier alpha value is -1.64. The summed E-state index contributed by atoms with van der Waals surface area (Å²) in [4.78, 5) is 0. The van der Waals surface area contributed by atoms with Crippen LogP contribution in [0.5, 0.6) is 0 Å². The Bertz CT molecular complexity index is 633.